The maximum Gasteiger partial charge on any atom is 0.271 e. The van der Waals surface area contributed by atoms with Crippen LogP contribution in [0.5, 0.6) is 0 Å². The summed E-state index contributed by atoms with van der Waals surface area (Å²) in [5, 5.41) is 3.75. The van der Waals surface area contributed by atoms with Crippen LogP contribution < -0.4 is 10.9 Å². The molecule has 0 saturated heterocycles. The molecule has 0 spiro atoms. The van der Waals surface area contributed by atoms with E-state index in [1.54, 1.807) is 29.7 Å². The molecule has 4 aromatic rings. The smallest absolute Gasteiger partial charge is 0.267 e. The first-order valence-electron chi connectivity index (χ1n) is 8.30. The Labute approximate surface area is 159 Å². The fraction of sp³-hybridized carbons (Fsp3) is 0. The minimum absolute atomic E-state index is 0.373. The van der Waals surface area contributed by atoms with Crippen LogP contribution in [0.1, 0.15) is 20.7 Å². The second kappa shape index (κ2) is 7.39. The van der Waals surface area contributed by atoms with E-state index in [9.17, 15) is 9.59 Å². The van der Waals surface area contributed by atoms with Crippen LogP contribution in [0.15, 0.2) is 78.4 Å². The number of hydrogen-bond acceptors (Lipinski definition) is 4. The van der Waals surface area contributed by atoms with E-state index < -0.39 is 5.91 Å². The summed E-state index contributed by atoms with van der Waals surface area (Å²) in [4.78, 5) is 30.1. The van der Waals surface area contributed by atoms with Crippen LogP contribution in [0.3, 0.4) is 0 Å². The fourth-order valence-electron chi connectivity index (χ4n) is 2.82. The van der Waals surface area contributed by atoms with Crippen molar-refractivity contribution in [1.29, 1.82) is 0 Å². The molecule has 2 heterocycles. The zero-order valence-corrected chi connectivity index (χ0v) is 15.0. The van der Waals surface area contributed by atoms with Gasteiger partial charge < -0.3 is 0 Å². The Morgan fingerprint density at radius 3 is 2.52 bits per heavy atom. The Morgan fingerprint density at radius 2 is 1.67 bits per heavy atom. The van der Waals surface area contributed by atoms with Gasteiger partial charge in [0.25, 0.3) is 11.8 Å². The van der Waals surface area contributed by atoms with Crippen molar-refractivity contribution >= 4 is 33.9 Å². The first-order chi connectivity index (χ1) is 13.2. The Bertz CT molecular complexity index is 1120. The van der Waals surface area contributed by atoms with Crippen molar-refractivity contribution in [2.45, 2.75) is 0 Å². The fourth-order valence-corrected chi connectivity index (χ4v) is 3.53. The van der Waals surface area contributed by atoms with Crippen molar-refractivity contribution < 1.29 is 9.59 Å². The number of pyridine rings is 1. The van der Waals surface area contributed by atoms with Crippen LogP contribution in [-0.2, 0) is 0 Å². The van der Waals surface area contributed by atoms with Crippen LogP contribution in [0.2, 0.25) is 0 Å². The number of nitrogens with zero attached hydrogens (tertiary/aromatic N) is 1. The Balaban J connectivity index is 1.49. The van der Waals surface area contributed by atoms with Gasteiger partial charge in [0.2, 0.25) is 0 Å². The molecule has 0 bridgehead atoms. The highest BCUT2D eigenvalue weighted by Crippen LogP contribution is 2.24. The zero-order valence-electron chi connectivity index (χ0n) is 14.2. The van der Waals surface area contributed by atoms with Gasteiger partial charge in [-0.3, -0.25) is 25.4 Å². The third-order valence-electron chi connectivity index (χ3n) is 4.13. The largest absolute Gasteiger partial charge is 0.271 e. The highest BCUT2D eigenvalue weighted by Gasteiger charge is 2.12. The summed E-state index contributed by atoms with van der Waals surface area (Å²) in [6.07, 6.45) is 3.17. The molecule has 0 aliphatic carbocycles. The molecule has 27 heavy (non-hydrogen) atoms. The zero-order chi connectivity index (χ0) is 18.6. The van der Waals surface area contributed by atoms with Gasteiger partial charge in [0.05, 0.1) is 5.56 Å². The summed E-state index contributed by atoms with van der Waals surface area (Å²) >= 11 is 1.57. The third-order valence-corrected chi connectivity index (χ3v) is 5.05. The van der Waals surface area contributed by atoms with Crippen molar-refractivity contribution in [3.05, 3.63) is 89.6 Å². The second-order valence-electron chi connectivity index (χ2n) is 5.87. The number of amides is 2. The van der Waals surface area contributed by atoms with Crippen LogP contribution >= 0.6 is 11.3 Å². The van der Waals surface area contributed by atoms with Gasteiger partial charge in [-0.1, -0.05) is 42.5 Å². The molecule has 0 saturated carbocycles. The molecule has 4 rings (SSSR count). The van der Waals surface area contributed by atoms with Gasteiger partial charge in [-0.25, -0.2) is 0 Å². The number of thiophene rings is 1. The van der Waals surface area contributed by atoms with Crippen LogP contribution in [0.25, 0.3) is 21.2 Å². The van der Waals surface area contributed by atoms with Crippen molar-refractivity contribution in [2.75, 3.05) is 0 Å². The number of carbonyl (C=O) groups is 2. The molecule has 5 nitrogen and oxygen atoms in total. The van der Waals surface area contributed by atoms with E-state index >= 15 is 0 Å². The summed E-state index contributed by atoms with van der Waals surface area (Å²) in [6, 6.07) is 18.7. The summed E-state index contributed by atoms with van der Waals surface area (Å²) in [5.41, 5.74) is 6.67. The SMILES string of the molecule is O=C(NNC(=O)c1cccc2ccccc12)c1cncc(-c2cccs2)c1. The van der Waals surface area contributed by atoms with Crippen molar-refractivity contribution in [1.82, 2.24) is 15.8 Å². The molecule has 2 aromatic carbocycles. The number of carbonyl (C=O) groups excluding carboxylic acids is 2. The van der Waals surface area contributed by atoms with Gasteiger partial charge in [0.15, 0.2) is 0 Å². The van der Waals surface area contributed by atoms with E-state index in [2.05, 4.69) is 15.8 Å². The predicted octanol–water partition coefficient (Wildman–Crippen LogP) is 4.04. The number of hydrazine groups is 1. The lowest BCUT2D eigenvalue weighted by Gasteiger charge is -2.10. The molecular weight excluding hydrogens is 358 g/mol. The van der Waals surface area contributed by atoms with E-state index in [4.69, 9.17) is 0 Å². The molecule has 6 heteroatoms. The topological polar surface area (TPSA) is 71.1 Å². The van der Waals surface area contributed by atoms with Crippen molar-refractivity contribution in [3.63, 3.8) is 0 Å². The number of benzene rings is 2. The van der Waals surface area contributed by atoms with E-state index in [1.165, 1.54) is 6.20 Å². The van der Waals surface area contributed by atoms with Gasteiger partial charge >= 0.3 is 0 Å². The number of aromatic nitrogens is 1. The molecule has 2 N–H and O–H groups in total. The highest BCUT2D eigenvalue weighted by atomic mass is 32.1. The summed E-state index contributed by atoms with van der Waals surface area (Å²) < 4.78 is 0. The molecule has 132 valence electrons. The van der Waals surface area contributed by atoms with Gasteiger partial charge in [-0.2, -0.15) is 0 Å². The molecule has 0 atom stereocenters. The molecule has 0 fully saturated rings. The van der Waals surface area contributed by atoms with E-state index in [0.29, 0.717) is 11.1 Å². The number of nitrogens with one attached hydrogen (secondary N) is 2. The van der Waals surface area contributed by atoms with Gasteiger partial charge in [-0.05, 0) is 34.4 Å². The van der Waals surface area contributed by atoms with Gasteiger partial charge in [0.1, 0.15) is 0 Å². The molecule has 2 amide bonds. The lowest BCUT2D eigenvalue weighted by atomic mass is 10.0. The molecular formula is C21H15N3O2S. The maximum absolute atomic E-state index is 12.5. The van der Waals surface area contributed by atoms with E-state index in [1.807, 2.05) is 53.9 Å². The first-order valence-corrected chi connectivity index (χ1v) is 9.18. The molecule has 0 radical (unpaired) electrons. The molecule has 0 aliphatic heterocycles. The van der Waals surface area contributed by atoms with Gasteiger partial charge in [0, 0.05) is 28.4 Å². The summed E-state index contributed by atoms with van der Waals surface area (Å²) in [5.74, 6) is -0.794. The Hall–Kier alpha value is -3.51. The Morgan fingerprint density at radius 1 is 0.852 bits per heavy atom. The molecule has 0 unspecified atom stereocenters. The standard InChI is InChI=1S/C21H15N3O2S/c25-20(16-11-15(12-22-13-16)19-9-4-10-27-19)23-24-21(26)18-8-3-6-14-5-1-2-7-17(14)18/h1-13H,(H,23,25)(H,24,26). The van der Waals surface area contributed by atoms with E-state index in [0.717, 1.165) is 21.2 Å². The first kappa shape index (κ1) is 16.9. The quantitative estimate of drug-likeness (QED) is 0.533. The third kappa shape index (κ3) is 3.56. The lowest BCUT2D eigenvalue weighted by Crippen LogP contribution is -2.41. The minimum Gasteiger partial charge on any atom is -0.267 e. The molecule has 2 aromatic heterocycles. The van der Waals surface area contributed by atoms with Crippen LogP contribution in [0.4, 0.5) is 0 Å². The monoisotopic (exact) mass is 373 g/mol. The lowest BCUT2D eigenvalue weighted by molar-refractivity contribution is 0.0847. The van der Waals surface area contributed by atoms with Crippen LogP contribution in [-0.4, -0.2) is 16.8 Å². The average molecular weight is 373 g/mol. The van der Waals surface area contributed by atoms with E-state index in [-0.39, 0.29) is 5.91 Å². The average Bonchev–Trinajstić information content (AvgIpc) is 3.26. The summed E-state index contributed by atoms with van der Waals surface area (Å²) in [6.45, 7) is 0. The number of fused-ring (bicyclic) bond motifs is 1. The Kier molecular flexibility index (Phi) is 4.63. The van der Waals surface area contributed by atoms with Gasteiger partial charge in [-0.15, -0.1) is 11.3 Å². The molecule has 0 aliphatic rings. The maximum atomic E-state index is 12.5. The highest BCUT2D eigenvalue weighted by molar-refractivity contribution is 7.13. The predicted molar refractivity (Wildman–Crippen MR) is 106 cm³/mol. The van der Waals surface area contributed by atoms with Crippen molar-refractivity contribution in [2.24, 2.45) is 0 Å². The van der Waals surface area contributed by atoms with Crippen molar-refractivity contribution in [3.8, 4) is 10.4 Å². The number of rotatable bonds is 3. The minimum atomic E-state index is -0.422. The summed E-state index contributed by atoms with van der Waals surface area (Å²) in [7, 11) is 0. The normalized spacial score (nSPS) is 10.5. The second-order valence-corrected chi connectivity index (χ2v) is 6.82. The number of hydrogen-bond donors (Lipinski definition) is 2. The van der Waals surface area contributed by atoms with Crippen LogP contribution in [0, 0.1) is 0 Å².